The van der Waals surface area contributed by atoms with Crippen LogP contribution in [0, 0.1) is 0 Å². The largest absolute Gasteiger partial charge is 0.479 e. The van der Waals surface area contributed by atoms with Crippen LogP contribution in [-0.2, 0) is 16.0 Å². The van der Waals surface area contributed by atoms with E-state index in [4.69, 9.17) is 0 Å². The predicted molar refractivity (Wildman–Crippen MR) is 112 cm³/mol. The molecule has 0 radical (unpaired) electrons. The summed E-state index contributed by atoms with van der Waals surface area (Å²) in [6, 6.07) is 18.1. The molecule has 5 nitrogen and oxygen atoms in total. The van der Waals surface area contributed by atoms with Crippen molar-refractivity contribution in [1.82, 2.24) is 4.90 Å². The summed E-state index contributed by atoms with van der Waals surface area (Å²) in [5, 5.41) is 9.81. The number of rotatable bonds is 5. The second-order valence-corrected chi connectivity index (χ2v) is 9.52. The highest BCUT2D eigenvalue weighted by molar-refractivity contribution is 8.02. The van der Waals surface area contributed by atoms with Gasteiger partial charge in [0.05, 0.1) is 5.57 Å². The van der Waals surface area contributed by atoms with Crippen molar-refractivity contribution in [3.8, 4) is 0 Å². The number of hydrogen-bond acceptors (Lipinski definition) is 4. The van der Waals surface area contributed by atoms with Gasteiger partial charge in [-0.2, -0.15) is 0 Å². The highest BCUT2D eigenvalue weighted by Gasteiger charge is 2.70. The summed E-state index contributed by atoms with van der Waals surface area (Å²) < 4.78 is -0.736. The number of thioether (sulfide) groups is 1. The summed E-state index contributed by atoms with van der Waals surface area (Å²) >= 11 is 1.42. The van der Waals surface area contributed by atoms with Crippen LogP contribution in [0.1, 0.15) is 29.8 Å². The summed E-state index contributed by atoms with van der Waals surface area (Å²) in [6.45, 7) is 3.72. The molecule has 2 aromatic carbocycles. The smallest absolute Gasteiger partial charge is 0.331 e. The Bertz CT molecular complexity index is 1020. The number of ketones is 1. The summed E-state index contributed by atoms with van der Waals surface area (Å²) in [5.74, 6) is -1.65. The zero-order valence-electron chi connectivity index (χ0n) is 16.2. The Labute approximate surface area is 173 Å². The summed E-state index contributed by atoms with van der Waals surface area (Å²) in [5.41, 5.74) is 0.346. The van der Waals surface area contributed by atoms with Crippen LogP contribution in [-0.4, -0.2) is 43.3 Å². The van der Waals surface area contributed by atoms with E-state index in [9.17, 15) is 19.5 Å². The molecule has 0 aromatic heterocycles. The van der Waals surface area contributed by atoms with Crippen molar-refractivity contribution >= 4 is 29.4 Å². The lowest BCUT2D eigenvalue weighted by Gasteiger charge is -2.47. The van der Waals surface area contributed by atoms with E-state index in [1.54, 1.807) is 24.3 Å². The molecule has 2 aromatic rings. The monoisotopic (exact) mass is 407 g/mol. The highest BCUT2D eigenvalue weighted by Crippen LogP contribution is 2.59. The number of hydrogen-bond donors (Lipinski definition) is 1. The number of carbonyl (C=O) groups is 3. The van der Waals surface area contributed by atoms with E-state index in [0.717, 1.165) is 5.56 Å². The average Bonchev–Trinajstić information content (AvgIpc) is 2.92. The molecule has 0 aliphatic carbocycles. The van der Waals surface area contributed by atoms with Gasteiger partial charge in [-0.3, -0.25) is 9.59 Å². The van der Waals surface area contributed by atoms with Crippen molar-refractivity contribution < 1.29 is 19.5 Å². The van der Waals surface area contributed by atoms with Gasteiger partial charge >= 0.3 is 5.97 Å². The number of carboxylic acid groups (broad SMARTS) is 1. The van der Waals surface area contributed by atoms with Crippen LogP contribution >= 0.6 is 11.8 Å². The van der Waals surface area contributed by atoms with E-state index in [-0.39, 0.29) is 18.1 Å². The van der Waals surface area contributed by atoms with Crippen LogP contribution in [0.2, 0.25) is 0 Å². The van der Waals surface area contributed by atoms with Crippen molar-refractivity contribution in [2.75, 3.05) is 0 Å². The molecule has 148 valence electrons. The first-order valence-electron chi connectivity index (χ1n) is 9.38. The second kappa shape index (κ2) is 6.88. The Kier molecular flexibility index (Phi) is 4.62. The Morgan fingerprint density at radius 3 is 2.24 bits per heavy atom. The first-order chi connectivity index (χ1) is 13.8. The third kappa shape index (κ3) is 2.90. The molecule has 4 rings (SSSR count). The Morgan fingerprint density at radius 2 is 1.66 bits per heavy atom. The van der Waals surface area contributed by atoms with E-state index in [1.807, 2.05) is 50.2 Å². The lowest BCUT2D eigenvalue weighted by atomic mass is 9.76. The van der Waals surface area contributed by atoms with Gasteiger partial charge < -0.3 is 10.0 Å². The molecule has 2 aliphatic heterocycles. The lowest BCUT2D eigenvalue weighted by molar-refractivity contribution is -0.163. The fourth-order valence-electron chi connectivity index (χ4n) is 4.17. The van der Waals surface area contributed by atoms with Gasteiger partial charge in [-0.05, 0) is 25.5 Å². The first-order valence-corrected chi connectivity index (χ1v) is 10.3. The van der Waals surface area contributed by atoms with Crippen molar-refractivity contribution in [2.45, 2.75) is 35.9 Å². The molecule has 1 N–H and O–H groups in total. The number of carbonyl (C=O) groups excluding carboxylic acids is 2. The number of β-lactam (4-membered cyclic amide) rings is 1. The number of fused-ring (bicyclic) bond motifs is 1. The fraction of sp³-hybridized carbons (Fsp3) is 0.261. The molecule has 6 heteroatoms. The maximum absolute atomic E-state index is 13.0. The van der Waals surface area contributed by atoms with Crippen LogP contribution in [0.25, 0.3) is 0 Å². The van der Waals surface area contributed by atoms with Crippen molar-refractivity contribution in [2.24, 2.45) is 0 Å². The van der Waals surface area contributed by atoms with Crippen molar-refractivity contribution in [1.29, 1.82) is 0 Å². The molecule has 0 spiro atoms. The molecule has 29 heavy (non-hydrogen) atoms. The zero-order chi connectivity index (χ0) is 20.8. The third-order valence-electron chi connectivity index (χ3n) is 5.78. The number of aliphatic carboxylic acids is 1. The highest BCUT2D eigenvalue weighted by atomic mass is 32.2. The minimum Gasteiger partial charge on any atom is -0.479 e. The van der Waals surface area contributed by atoms with Gasteiger partial charge in [0.2, 0.25) is 0 Å². The van der Waals surface area contributed by atoms with Gasteiger partial charge in [0.15, 0.2) is 11.3 Å². The molecule has 0 unspecified atom stereocenters. The topological polar surface area (TPSA) is 74.7 Å². The van der Waals surface area contributed by atoms with E-state index in [2.05, 4.69) is 0 Å². The van der Waals surface area contributed by atoms with Gasteiger partial charge in [0.1, 0.15) is 5.37 Å². The van der Waals surface area contributed by atoms with Gasteiger partial charge in [-0.25, -0.2) is 4.79 Å². The molecule has 0 bridgehead atoms. The quantitative estimate of drug-likeness (QED) is 0.466. The number of nitrogens with zero attached hydrogens (tertiary/aromatic N) is 1. The van der Waals surface area contributed by atoms with Crippen LogP contribution in [0.15, 0.2) is 72.3 Å². The van der Waals surface area contributed by atoms with E-state index in [1.165, 1.54) is 22.7 Å². The summed E-state index contributed by atoms with van der Waals surface area (Å²) in [4.78, 5) is 39.6. The number of allylic oxidation sites excluding steroid dienone is 1. The normalized spacial score (nSPS) is 26.1. The van der Waals surface area contributed by atoms with E-state index in [0.29, 0.717) is 11.1 Å². The van der Waals surface area contributed by atoms with Crippen LogP contribution in [0.4, 0.5) is 0 Å². The Balaban J connectivity index is 1.71. The van der Waals surface area contributed by atoms with Gasteiger partial charge in [-0.15, -0.1) is 11.8 Å². The maximum atomic E-state index is 13.0. The predicted octanol–water partition coefficient (Wildman–Crippen LogP) is 3.56. The molecule has 0 saturated carbocycles. The third-order valence-corrected chi connectivity index (χ3v) is 7.40. The number of amides is 1. The van der Waals surface area contributed by atoms with Crippen molar-refractivity contribution in [3.63, 3.8) is 0 Å². The summed E-state index contributed by atoms with van der Waals surface area (Å²) in [7, 11) is 0. The standard InChI is InChI=1S/C23H21NO4S/c1-22(2)23(21(27)28,14-15-9-5-3-6-10-15)24-19(26)17(20(24)29-22)13-18(25)16-11-7-4-8-12-16/h3-13,20H,14H2,1-2H3,(H,27,28)/b17-13-/t20-,23+/m1/s1. The Morgan fingerprint density at radius 1 is 1.07 bits per heavy atom. The SMILES string of the molecule is CC1(C)S[C@@H]2/C(=C\C(=O)c3ccccc3)C(=O)N2[C@@]1(Cc1ccccc1)C(=O)O. The molecule has 2 heterocycles. The van der Waals surface area contributed by atoms with Gasteiger partial charge in [0.25, 0.3) is 5.91 Å². The van der Waals surface area contributed by atoms with Crippen LogP contribution in [0.3, 0.4) is 0 Å². The molecule has 2 atom stereocenters. The van der Waals surface area contributed by atoms with E-state index >= 15 is 0 Å². The molecular formula is C23H21NO4S. The van der Waals surface area contributed by atoms with Gasteiger partial charge in [-0.1, -0.05) is 60.7 Å². The average molecular weight is 407 g/mol. The molecule has 1 amide bonds. The Hall–Kier alpha value is -2.86. The number of benzene rings is 2. The minimum atomic E-state index is -1.38. The van der Waals surface area contributed by atoms with Crippen LogP contribution in [0.5, 0.6) is 0 Å². The first kappa shape index (κ1) is 19.5. The number of carboxylic acids is 1. The fourth-order valence-corrected chi connectivity index (χ4v) is 5.85. The van der Waals surface area contributed by atoms with Crippen molar-refractivity contribution in [3.05, 3.63) is 83.4 Å². The second-order valence-electron chi connectivity index (χ2n) is 7.81. The molecule has 2 aliphatic rings. The summed E-state index contributed by atoms with van der Waals surface area (Å²) in [6.07, 6.45) is 1.58. The lowest BCUT2D eigenvalue weighted by Crippen LogP contribution is -2.69. The zero-order valence-corrected chi connectivity index (χ0v) is 17.0. The molecule has 2 fully saturated rings. The molecular weight excluding hydrogens is 386 g/mol. The minimum absolute atomic E-state index is 0.214. The van der Waals surface area contributed by atoms with E-state index < -0.39 is 21.6 Å². The molecule has 2 saturated heterocycles. The maximum Gasteiger partial charge on any atom is 0.331 e. The van der Waals surface area contributed by atoms with Crippen LogP contribution < -0.4 is 0 Å². The van der Waals surface area contributed by atoms with Gasteiger partial charge in [0, 0.05) is 16.7 Å².